The number of hydrogen-bond donors (Lipinski definition) is 0. The average Bonchev–Trinajstić information content (AvgIpc) is 2.55. The van der Waals surface area contributed by atoms with Gasteiger partial charge in [0.25, 0.3) is 0 Å². The van der Waals surface area contributed by atoms with Crippen molar-refractivity contribution in [2.24, 2.45) is 0 Å². The predicted molar refractivity (Wildman–Crippen MR) is 103 cm³/mol. The smallest absolute Gasteiger partial charge is 0.0828 e. The number of halogens is 1. The molecule has 0 aliphatic heterocycles. The van der Waals surface area contributed by atoms with Crippen LogP contribution in [0.15, 0.2) is 72.4 Å². The third-order valence-corrected chi connectivity index (χ3v) is 7.18. The van der Waals surface area contributed by atoms with Crippen LogP contribution in [0.1, 0.15) is 26.3 Å². The van der Waals surface area contributed by atoms with Crippen LogP contribution in [0, 0.1) is 0 Å². The Balaban J connectivity index is 2.32. The van der Waals surface area contributed by atoms with Gasteiger partial charge in [-0.1, -0.05) is 105 Å². The predicted octanol–water partition coefficient (Wildman–Crippen LogP) is 6.32. The first-order valence-electron chi connectivity index (χ1n) is 7.92. The van der Waals surface area contributed by atoms with Gasteiger partial charge in [-0.25, -0.2) is 0 Å². The van der Waals surface area contributed by atoms with Gasteiger partial charge in [-0.3, -0.25) is 0 Å². The summed E-state index contributed by atoms with van der Waals surface area (Å²) in [5, 5.41) is 3.61. The Bertz CT molecular complexity index is 802. The number of rotatable bonds is 2. The molecule has 2 heteroatoms. The Labute approximate surface area is 145 Å². The van der Waals surface area contributed by atoms with Crippen molar-refractivity contribution in [2.45, 2.75) is 26.2 Å². The van der Waals surface area contributed by atoms with Gasteiger partial charge in [0.15, 0.2) is 0 Å². The van der Waals surface area contributed by atoms with Crippen LogP contribution in [0.5, 0.6) is 0 Å². The first kappa shape index (κ1) is 16.2. The lowest BCUT2D eigenvalue weighted by Gasteiger charge is -2.24. The largest absolute Gasteiger partial charge is 0.0838 e. The zero-order valence-corrected chi connectivity index (χ0v) is 15.6. The number of benzene rings is 2. The van der Waals surface area contributed by atoms with E-state index in [0.717, 1.165) is 5.02 Å². The van der Waals surface area contributed by atoms with Crippen molar-refractivity contribution in [1.29, 1.82) is 0 Å². The molecule has 0 spiro atoms. The van der Waals surface area contributed by atoms with Gasteiger partial charge in [0.2, 0.25) is 0 Å². The van der Waals surface area contributed by atoms with E-state index < -0.39 is 8.40 Å². The highest BCUT2D eigenvalue weighted by molar-refractivity contribution is 6.72. The van der Waals surface area contributed by atoms with Crippen LogP contribution in [-0.2, 0) is 5.41 Å². The van der Waals surface area contributed by atoms with E-state index in [-0.39, 0.29) is 5.41 Å². The molecule has 0 nitrogen and oxygen atoms in total. The van der Waals surface area contributed by atoms with Gasteiger partial charge in [0, 0.05) is 5.02 Å². The minimum absolute atomic E-state index is 0.0394. The molecule has 116 valence electrons. The van der Waals surface area contributed by atoms with Crippen LogP contribution in [-0.4, -0.2) is 8.40 Å². The molecule has 23 heavy (non-hydrogen) atoms. The van der Waals surface area contributed by atoms with Gasteiger partial charge in [-0.05, 0) is 26.9 Å². The molecule has 0 amide bonds. The molecule has 0 bridgehead atoms. The van der Waals surface area contributed by atoms with E-state index in [4.69, 9.17) is 11.6 Å². The van der Waals surface area contributed by atoms with Gasteiger partial charge in [0.1, 0.15) is 0 Å². The summed E-state index contributed by atoms with van der Waals surface area (Å²) in [6, 6.07) is 23.5. The van der Waals surface area contributed by atoms with Gasteiger partial charge in [0.05, 0.1) is 8.40 Å². The molecule has 0 fully saturated rings. The fraction of sp³-hybridized carbons (Fsp3) is 0.190. The zero-order valence-electron chi connectivity index (χ0n) is 13.8. The lowest BCUT2D eigenvalue weighted by molar-refractivity contribution is 0.591. The fourth-order valence-electron chi connectivity index (χ4n) is 2.90. The topological polar surface area (TPSA) is 0 Å². The molecule has 1 heterocycles. The highest BCUT2D eigenvalue weighted by atomic mass is 35.5. The summed E-state index contributed by atoms with van der Waals surface area (Å²) in [6.07, 6.45) is 0. The normalized spacial score (nSPS) is 11.5. The molecule has 0 atom stereocenters. The Kier molecular flexibility index (Phi) is 4.52. The molecule has 3 rings (SSSR count). The number of hydrogen-bond acceptors (Lipinski definition) is 0. The molecular weight excluding hydrogens is 316 g/mol. The third kappa shape index (κ3) is 3.31. The Morgan fingerprint density at radius 2 is 1.35 bits per heavy atom. The SMILES string of the molecule is CC(C)(C)c1cc[si](-c2ccccc2)c(-c2ccccc2)c1Cl. The maximum Gasteiger partial charge on any atom is 0.0828 e. The minimum atomic E-state index is -1.01. The van der Waals surface area contributed by atoms with Crippen molar-refractivity contribution < 1.29 is 0 Å². The summed E-state index contributed by atoms with van der Waals surface area (Å²) in [5.41, 5.74) is 4.89. The van der Waals surface area contributed by atoms with Crippen LogP contribution in [0.25, 0.3) is 15.9 Å². The summed E-state index contributed by atoms with van der Waals surface area (Å²) < 4.78 is 0. The Hall–Kier alpha value is -1.70. The van der Waals surface area contributed by atoms with Crippen LogP contribution in [0.3, 0.4) is 0 Å². The molecule has 0 saturated carbocycles. The van der Waals surface area contributed by atoms with Gasteiger partial charge < -0.3 is 0 Å². The molecule has 0 aliphatic carbocycles. The van der Waals surface area contributed by atoms with Crippen LogP contribution < -0.4 is 0 Å². The molecule has 3 aromatic rings. The summed E-state index contributed by atoms with van der Waals surface area (Å²) in [6.45, 7) is 6.66. The van der Waals surface area contributed by atoms with Crippen molar-refractivity contribution in [3.63, 3.8) is 0 Å². The second-order valence-electron chi connectivity index (χ2n) is 6.83. The van der Waals surface area contributed by atoms with Crippen molar-refractivity contribution in [3.8, 4) is 15.9 Å². The van der Waals surface area contributed by atoms with E-state index in [1.54, 1.807) is 0 Å². The van der Waals surface area contributed by atoms with Gasteiger partial charge >= 0.3 is 0 Å². The summed E-state index contributed by atoms with van der Waals surface area (Å²) in [7, 11) is -1.01. The summed E-state index contributed by atoms with van der Waals surface area (Å²) >= 11 is 6.93. The van der Waals surface area contributed by atoms with E-state index in [1.807, 2.05) is 0 Å². The van der Waals surface area contributed by atoms with E-state index >= 15 is 0 Å². The van der Waals surface area contributed by atoms with Gasteiger partial charge in [-0.2, -0.15) is 0 Å². The van der Waals surface area contributed by atoms with E-state index in [9.17, 15) is 0 Å². The zero-order chi connectivity index (χ0) is 16.4. The monoisotopic (exact) mass is 336 g/mol. The highest BCUT2D eigenvalue weighted by Crippen LogP contribution is 2.37. The molecule has 0 aliphatic rings. The van der Waals surface area contributed by atoms with Crippen molar-refractivity contribution in [3.05, 3.63) is 83.0 Å². The van der Waals surface area contributed by atoms with Crippen LogP contribution in [0.2, 0.25) is 5.02 Å². The lowest BCUT2D eigenvalue weighted by Crippen LogP contribution is -2.15. The first-order chi connectivity index (χ1) is 11.0. The molecular formula is C21H21ClSi. The molecule has 0 saturated heterocycles. The second-order valence-corrected chi connectivity index (χ2v) is 9.45. The standard InChI is InChI=1S/C21H21ClSi/c1-21(2,3)18-14-15-23(17-12-8-5-9-13-17)20(19(18)22)16-10-6-4-7-11-16/h4-15H,1-3H3. The Morgan fingerprint density at radius 3 is 1.91 bits per heavy atom. The Morgan fingerprint density at radius 1 is 0.783 bits per heavy atom. The van der Waals surface area contributed by atoms with Crippen LogP contribution in [0.4, 0.5) is 0 Å². The third-order valence-electron chi connectivity index (χ3n) is 4.10. The van der Waals surface area contributed by atoms with Crippen molar-refractivity contribution in [1.82, 2.24) is 0 Å². The molecule has 1 aromatic heterocycles. The minimum Gasteiger partial charge on any atom is -0.0838 e. The van der Waals surface area contributed by atoms with E-state index in [0.29, 0.717) is 0 Å². The maximum absolute atomic E-state index is 6.93. The molecule has 0 radical (unpaired) electrons. The van der Waals surface area contributed by atoms with E-state index in [1.165, 1.54) is 21.5 Å². The van der Waals surface area contributed by atoms with E-state index in [2.05, 4.69) is 93.2 Å². The quantitative estimate of drug-likeness (QED) is 0.480. The average molecular weight is 337 g/mol. The fourth-order valence-corrected chi connectivity index (χ4v) is 6.04. The van der Waals surface area contributed by atoms with Crippen molar-refractivity contribution >= 4 is 20.0 Å². The lowest BCUT2D eigenvalue weighted by atomic mass is 9.87. The maximum atomic E-state index is 6.93. The summed E-state index contributed by atoms with van der Waals surface area (Å²) in [5.74, 6) is 0. The van der Waals surface area contributed by atoms with Crippen molar-refractivity contribution in [2.75, 3.05) is 0 Å². The second kappa shape index (κ2) is 6.43. The molecule has 2 aromatic carbocycles. The summed E-state index contributed by atoms with van der Waals surface area (Å²) in [4.78, 5) is 0. The molecule has 0 N–H and O–H groups in total. The molecule has 0 unspecified atom stereocenters. The van der Waals surface area contributed by atoms with Crippen LogP contribution >= 0.6 is 11.6 Å². The highest BCUT2D eigenvalue weighted by Gasteiger charge is 2.22. The first-order valence-corrected chi connectivity index (χ1v) is 9.88. The van der Waals surface area contributed by atoms with Gasteiger partial charge in [-0.15, -0.1) is 0 Å².